The Morgan fingerprint density at radius 2 is 1.80 bits per heavy atom. The molecule has 2 aromatic carbocycles. The van der Waals surface area contributed by atoms with Gasteiger partial charge in [-0.1, -0.05) is 6.07 Å². The number of hydrogen-bond acceptors (Lipinski definition) is 8. The van der Waals surface area contributed by atoms with E-state index >= 15 is 0 Å². The summed E-state index contributed by atoms with van der Waals surface area (Å²) in [6, 6.07) is 10.6. The Balaban J connectivity index is 1.91. The highest BCUT2D eigenvalue weighted by Crippen LogP contribution is 2.30. The van der Waals surface area contributed by atoms with Crippen molar-refractivity contribution in [1.82, 2.24) is 20.2 Å². The summed E-state index contributed by atoms with van der Waals surface area (Å²) < 4.78 is 41.8. The molecule has 0 fully saturated rings. The molecule has 1 heterocycles. The Labute approximate surface area is 143 Å². The molecular weight excluding hydrogens is 348 g/mol. The third-order valence-electron chi connectivity index (χ3n) is 3.28. The third-order valence-corrected chi connectivity index (χ3v) is 4.52. The van der Waals surface area contributed by atoms with Gasteiger partial charge < -0.3 is 13.7 Å². The van der Waals surface area contributed by atoms with Crippen molar-refractivity contribution in [1.29, 1.82) is 0 Å². The largest absolute Gasteiger partial charge is 0.493 e. The average Bonchev–Trinajstić information content (AvgIpc) is 3.15. The van der Waals surface area contributed by atoms with Crippen LogP contribution in [0.3, 0.4) is 0 Å². The van der Waals surface area contributed by atoms with Crippen molar-refractivity contribution in [3.63, 3.8) is 0 Å². The third kappa shape index (κ3) is 3.53. The van der Waals surface area contributed by atoms with Crippen molar-refractivity contribution in [3.05, 3.63) is 48.8 Å². The quantitative estimate of drug-likeness (QED) is 0.607. The van der Waals surface area contributed by atoms with Crippen molar-refractivity contribution in [3.8, 4) is 22.9 Å². The van der Waals surface area contributed by atoms with Crippen LogP contribution in [0.25, 0.3) is 5.69 Å². The van der Waals surface area contributed by atoms with E-state index in [-0.39, 0.29) is 16.4 Å². The molecule has 0 N–H and O–H groups in total. The second-order valence-corrected chi connectivity index (χ2v) is 6.35. The fourth-order valence-electron chi connectivity index (χ4n) is 2.10. The van der Waals surface area contributed by atoms with Crippen LogP contribution in [-0.2, 0) is 10.1 Å². The van der Waals surface area contributed by atoms with Gasteiger partial charge in [-0.15, -0.1) is 5.10 Å². The number of aromatic nitrogens is 4. The van der Waals surface area contributed by atoms with Crippen LogP contribution in [0.2, 0.25) is 0 Å². The van der Waals surface area contributed by atoms with Crippen LogP contribution in [0, 0.1) is 0 Å². The summed E-state index contributed by atoms with van der Waals surface area (Å²) in [4.78, 5) is -0.0574. The first-order valence-electron chi connectivity index (χ1n) is 7.03. The maximum atomic E-state index is 12.5. The predicted molar refractivity (Wildman–Crippen MR) is 86.5 cm³/mol. The first-order chi connectivity index (χ1) is 12.0. The van der Waals surface area contributed by atoms with Gasteiger partial charge in [0.25, 0.3) is 0 Å². The summed E-state index contributed by atoms with van der Waals surface area (Å²) >= 11 is 0. The zero-order valence-electron chi connectivity index (χ0n) is 13.4. The topological polar surface area (TPSA) is 105 Å². The van der Waals surface area contributed by atoms with Crippen molar-refractivity contribution in [2.24, 2.45) is 0 Å². The maximum Gasteiger partial charge on any atom is 0.339 e. The van der Waals surface area contributed by atoms with Crippen LogP contribution < -0.4 is 13.7 Å². The smallest absolute Gasteiger partial charge is 0.339 e. The van der Waals surface area contributed by atoms with E-state index in [1.165, 1.54) is 55.6 Å². The van der Waals surface area contributed by atoms with Gasteiger partial charge in [0, 0.05) is 12.1 Å². The van der Waals surface area contributed by atoms with Gasteiger partial charge in [0.15, 0.2) is 11.5 Å². The minimum absolute atomic E-state index is 0.0574. The van der Waals surface area contributed by atoms with Crippen molar-refractivity contribution in [2.45, 2.75) is 4.90 Å². The molecule has 0 spiro atoms. The lowest BCUT2D eigenvalue weighted by atomic mass is 10.3. The Morgan fingerprint density at radius 3 is 2.48 bits per heavy atom. The van der Waals surface area contributed by atoms with Gasteiger partial charge in [-0.05, 0) is 34.7 Å². The summed E-state index contributed by atoms with van der Waals surface area (Å²) in [5, 5.41) is 10.8. The first kappa shape index (κ1) is 16.7. The Hall–Kier alpha value is -3.14. The summed E-state index contributed by atoms with van der Waals surface area (Å²) in [5.41, 5.74) is 0.560. The van der Waals surface area contributed by atoms with Gasteiger partial charge in [0.05, 0.1) is 19.9 Å². The van der Waals surface area contributed by atoms with E-state index in [0.717, 1.165) is 0 Å². The monoisotopic (exact) mass is 362 g/mol. The number of nitrogens with zero attached hydrogens (tertiary/aromatic N) is 4. The molecular formula is C15H14N4O5S. The Kier molecular flexibility index (Phi) is 4.52. The molecule has 3 rings (SSSR count). The second-order valence-electron chi connectivity index (χ2n) is 4.81. The van der Waals surface area contributed by atoms with E-state index in [1.54, 1.807) is 12.1 Å². The van der Waals surface area contributed by atoms with Crippen LogP contribution in [0.5, 0.6) is 17.2 Å². The van der Waals surface area contributed by atoms with Gasteiger partial charge in [0.2, 0.25) is 0 Å². The molecule has 9 nitrogen and oxygen atoms in total. The highest BCUT2D eigenvalue weighted by atomic mass is 32.2. The number of hydrogen-bond donors (Lipinski definition) is 0. The summed E-state index contributed by atoms with van der Waals surface area (Å²) in [6.07, 6.45) is 1.39. The molecule has 0 unspecified atom stereocenters. The minimum atomic E-state index is -4.05. The van der Waals surface area contributed by atoms with Crippen LogP contribution in [0.1, 0.15) is 0 Å². The average molecular weight is 362 g/mol. The summed E-state index contributed by atoms with van der Waals surface area (Å²) in [6.45, 7) is 0. The number of rotatable bonds is 6. The fraction of sp³-hybridized carbons (Fsp3) is 0.133. The van der Waals surface area contributed by atoms with Gasteiger partial charge in [-0.3, -0.25) is 0 Å². The molecule has 0 aliphatic carbocycles. The Morgan fingerprint density at radius 1 is 1.00 bits per heavy atom. The minimum Gasteiger partial charge on any atom is -0.493 e. The first-order valence-corrected chi connectivity index (χ1v) is 8.44. The maximum absolute atomic E-state index is 12.5. The summed E-state index contributed by atoms with van der Waals surface area (Å²) in [5.74, 6) is 0.833. The number of benzene rings is 2. The number of tetrazole rings is 1. The lowest BCUT2D eigenvalue weighted by Crippen LogP contribution is -2.10. The molecule has 0 saturated heterocycles. The van der Waals surface area contributed by atoms with Crippen molar-refractivity contribution < 1.29 is 22.1 Å². The highest BCUT2D eigenvalue weighted by Gasteiger charge is 2.19. The molecule has 0 atom stereocenters. The fourth-order valence-corrected chi connectivity index (χ4v) is 3.04. The predicted octanol–water partition coefficient (Wildman–Crippen LogP) is 1.45. The van der Waals surface area contributed by atoms with Gasteiger partial charge in [0.1, 0.15) is 17.0 Å². The molecule has 1 aromatic heterocycles. The van der Waals surface area contributed by atoms with Gasteiger partial charge >= 0.3 is 10.1 Å². The van der Waals surface area contributed by atoms with Crippen LogP contribution >= 0.6 is 0 Å². The highest BCUT2D eigenvalue weighted by molar-refractivity contribution is 7.87. The van der Waals surface area contributed by atoms with E-state index in [4.69, 9.17) is 13.7 Å². The molecule has 10 heteroatoms. The van der Waals surface area contributed by atoms with E-state index in [1.807, 2.05) is 0 Å². The van der Waals surface area contributed by atoms with Crippen LogP contribution in [0.4, 0.5) is 0 Å². The molecule has 0 aliphatic heterocycles. The lowest BCUT2D eigenvalue weighted by molar-refractivity contribution is 0.353. The molecule has 0 radical (unpaired) electrons. The van der Waals surface area contributed by atoms with Crippen molar-refractivity contribution in [2.75, 3.05) is 14.2 Å². The zero-order chi connectivity index (χ0) is 17.9. The molecule has 25 heavy (non-hydrogen) atoms. The standard InChI is InChI=1S/C15H14N4O5S/c1-22-14-7-6-13(9-15(14)23-2)25(20,21)24-12-5-3-4-11(8-12)19-10-16-17-18-19/h3-10H,1-2H3. The van der Waals surface area contributed by atoms with E-state index < -0.39 is 10.1 Å². The second kappa shape index (κ2) is 6.77. The van der Waals surface area contributed by atoms with E-state index in [0.29, 0.717) is 11.4 Å². The van der Waals surface area contributed by atoms with E-state index in [9.17, 15) is 8.42 Å². The zero-order valence-corrected chi connectivity index (χ0v) is 14.2. The van der Waals surface area contributed by atoms with E-state index in [2.05, 4.69) is 15.5 Å². The Bertz CT molecular complexity index is 973. The molecule has 0 aliphatic rings. The lowest BCUT2D eigenvalue weighted by Gasteiger charge is -2.11. The van der Waals surface area contributed by atoms with Gasteiger partial charge in [-0.2, -0.15) is 8.42 Å². The summed E-state index contributed by atoms with van der Waals surface area (Å²) in [7, 11) is -1.17. The molecule has 130 valence electrons. The van der Waals surface area contributed by atoms with Crippen LogP contribution in [0.15, 0.2) is 53.7 Å². The molecule has 0 bridgehead atoms. The molecule has 0 saturated carbocycles. The molecule has 0 amide bonds. The molecule has 3 aromatic rings. The SMILES string of the molecule is COc1ccc(S(=O)(=O)Oc2cccc(-n3cnnn3)c2)cc1OC. The number of ether oxygens (including phenoxy) is 2. The normalized spacial score (nSPS) is 11.1. The van der Waals surface area contributed by atoms with Crippen molar-refractivity contribution >= 4 is 10.1 Å². The van der Waals surface area contributed by atoms with Crippen LogP contribution in [-0.4, -0.2) is 42.8 Å². The van der Waals surface area contributed by atoms with Gasteiger partial charge in [-0.25, -0.2) is 4.68 Å². The number of methoxy groups -OCH3 is 2.